The van der Waals surface area contributed by atoms with E-state index in [0.29, 0.717) is 4.47 Å². The number of nitrogens with one attached hydrogen (secondary N) is 1. The Morgan fingerprint density at radius 3 is 2.83 bits per heavy atom. The Bertz CT molecular complexity index is 816. The normalized spacial score (nSPS) is 11.5. The second-order valence-corrected chi connectivity index (χ2v) is 5.38. The van der Waals surface area contributed by atoms with Gasteiger partial charge in [0.05, 0.1) is 18.6 Å². The summed E-state index contributed by atoms with van der Waals surface area (Å²) in [6.07, 6.45) is -0.0179. The van der Waals surface area contributed by atoms with Crippen molar-refractivity contribution in [2.75, 3.05) is 6.54 Å². The number of carbonyl (C=O) groups is 1. The molecule has 122 valence electrons. The van der Waals surface area contributed by atoms with Crippen LogP contribution in [-0.4, -0.2) is 32.1 Å². The molecular formula is C13H11BrF2N4O3. The largest absolute Gasteiger partial charge is 0.465 e. The molecule has 0 saturated carbocycles. The first-order valence-corrected chi connectivity index (χ1v) is 7.06. The van der Waals surface area contributed by atoms with Crippen molar-refractivity contribution in [3.8, 4) is 5.69 Å². The first kappa shape index (κ1) is 16.9. The molecule has 7 nitrogen and oxygen atoms in total. The number of hydrogen-bond acceptors (Lipinski definition) is 3. The van der Waals surface area contributed by atoms with Crippen LogP contribution in [-0.2, 0) is 6.54 Å². The molecule has 10 heteroatoms. The van der Waals surface area contributed by atoms with Crippen LogP contribution in [0.2, 0.25) is 0 Å². The maximum atomic E-state index is 13.9. The summed E-state index contributed by atoms with van der Waals surface area (Å²) in [6, 6.07) is 4.15. The highest BCUT2D eigenvalue weighted by molar-refractivity contribution is 9.10. The standard InChI is InChI=1S/C13H11BrF2N4O3/c14-9-1-2-11(10(16)3-9)19-7-18-20(13(19)23)6-8(4-15)5-17-12(21)22/h1-4,7,17H,5-6H2,(H,21,22)/b8-4-. The van der Waals surface area contributed by atoms with Gasteiger partial charge in [-0.1, -0.05) is 15.9 Å². The highest BCUT2D eigenvalue weighted by atomic mass is 79.9. The van der Waals surface area contributed by atoms with Gasteiger partial charge >= 0.3 is 11.8 Å². The van der Waals surface area contributed by atoms with E-state index < -0.39 is 17.6 Å². The summed E-state index contributed by atoms with van der Waals surface area (Å²) in [6.45, 7) is -0.557. The minimum absolute atomic E-state index is 0.00103. The van der Waals surface area contributed by atoms with Gasteiger partial charge in [-0.05, 0) is 23.8 Å². The van der Waals surface area contributed by atoms with E-state index in [-0.39, 0.29) is 30.7 Å². The zero-order chi connectivity index (χ0) is 17.0. The fraction of sp³-hybridized carbons (Fsp3) is 0.154. The second-order valence-electron chi connectivity index (χ2n) is 4.46. The molecule has 1 heterocycles. The minimum Gasteiger partial charge on any atom is -0.465 e. The summed E-state index contributed by atoms with van der Waals surface area (Å²) in [4.78, 5) is 22.6. The van der Waals surface area contributed by atoms with Crippen molar-refractivity contribution in [1.29, 1.82) is 0 Å². The van der Waals surface area contributed by atoms with Crippen LogP contribution in [0.3, 0.4) is 0 Å². The van der Waals surface area contributed by atoms with E-state index in [4.69, 9.17) is 5.11 Å². The summed E-state index contributed by atoms with van der Waals surface area (Å²) < 4.78 is 29.0. The summed E-state index contributed by atoms with van der Waals surface area (Å²) in [5.74, 6) is -0.630. The quantitative estimate of drug-likeness (QED) is 0.820. The molecule has 0 unspecified atom stereocenters. The maximum Gasteiger partial charge on any atom is 0.404 e. The Kier molecular flexibility index (Phi) is 5.27. The van der Waals surface area contributed by atoms with Gasteiger partial charge in [0, 0.05) is 11.0 Å². The zero-order valence-corrected chi connectivity index (χ0v) is 13.1. The van der Waals surface area contributed by atoms with E-state index in [1.54, 1.807) is 6.07 Å². The van der Waals surface area contributed by atoms with Gasteiger partial charge in [0.2, 0.25) is 0 Å². The SMILES string of the molecule is O=C(O)NC/C(=C/F)Cn1ncn(-c2ccc(Br)cc2F)c1=O. The van der Waals surface area contributed by atoms with Crippen LogP contribution in [0.5, 0.6) is 0 Å². The Morgan fingerprint density at radius 1 is 1.48 bits per heavy atom. The minimum atomic E-state index is -1.32. The molecule has 0 atom stereocenters. The highest BCUT2D eigenvalue weighted by Crippen LogP contribution is 2.17. The monoisotopic (exact) mass is 388 g/mol. The topological polar surface area (TPSA) is 89.2 Å². The predicted octanol–water partition coefficient (Wildman–Crippen LogP) is 2.06. The number of nitrogens with zero attached hydrogens (tertiary/aromatic N) is 3. The molecule has 0 aliphatic rings. The summed E-state index contributed by atoms with van der Waals surface area (Å²) in [7, 11) is 0. The number of amides is 1. The molecule has 0 aliphatic heterocycles. The fourth-order valence-corrected chi connectivity index (χ4v) is 2.13. The van der Waals surface area contributed by atoms with Crippen LogP contribution in [0.1, 0.15) is 0 Å². The van der Waals surface area contributed by atoms with Gasteiger partial charge in [0.25, 0.3) is 0 Å². The summed E-state index contributed by atoms with van der Waals surface area (Å²) in [5.41, 5.74) is -0.684. The Balaban J connectivity index is 2.25. The molecule has 1 amide bonds. The predicted molar refractivity (Wildman–Crippen MR) is 80.7 cm³/mol. The highest BCUT2D eigenvalue weighted by Gasteiger charge is 2.12. The van der Waals surface area contributed by atoms with Gasteiger partial charge in [-0.2, -0.15) is 5.10 Å². The van der Waals surface area contributed by atoms with Gasteiger partial charge in [-0.25, -0.2) is 27.6 Å². The van der Waals surface area contributed by atoms with E-state index >= 15 is 0 Å². The van der Waals surface area contributed by atoms with E-state index in [0.717, 1.165) is 15.6 Å². The van der Waals surface area contributed by atoms with Gasteiger partial charge < -0.3 is 10.4 Å². The summed E-state index contributed by atoms with van der Waals surface area (Å²) in [5, 5.41) is 14.2. The van der Waals surface area contributed by atoms with Crippen molar-refractivity contribution in [1.82, 2.24) is 19.7 Å². The van der Waals surface area contributed by atoms with E-state index in [1.165, 1.54) is 12.1 Å². The molecule has 0 saturated heterocycles. The Hall–Kier alpha value is -2.49. The number of benzene rings is 1. The molecule has 2 aromatic rings. The number of aromatic nitrogens is 3. The van der Waals surface area contributed by atoms with Crippen molar-refractivity contribution in [3.05, 3.63) is 57.2 Å². The van der Waals surface area contributed by atoms with Gasteiger partial charge in [-0.3, -0.25) is 0 Å². The van der Waals surface area contributed by atoms with Crippen molar-refractivity contribution < 1.29 is 18.7 Å². The Morgan fingerprint density at radius 2 is 2.22 bits per heavy atom. The van der Waals surface area contributed by atoms with Crippen LogP contribution in [0, 0.1) is 5.82 Å². The third-order valence-electron chi connectivity index (χ3n) is 2.88. The number of hydrogen-bond donors (Lipinski definition) is 2. The van der Waals surface area contributed by atoms with Gasteiger partial charge in [0.1, 0.15) is 12.1 Å². The fourth-order valence-electron chi connectivity index (χ4n) is 1.80. The molecule has 23 heavy (non-hydrogen) atoms. The third kappa shape index (κ3) is 4.03. The lowest BCUT2D eigenvalue weighted by Crippen LogP contribution is -2.29. The molecule has 1 aromatic heterocycles. The zero-order valence-electron chi connectivity index (χ0n) is 11.5. The Labute approximate surface area is 137 Å². The van der Waals surface area contributed by atoms with E-state index in [9.17, 15) is 18.4 Å². The first-order chi connectivity index (χ1) is 10.9. The number of halogens is 3. The van der Waals surface area contributed by atoms with E-state index in [2.05, 4.69) is 21.0 Å². The molecule has 0 bridgehead atoms. The molecule has 2 rings (SSSR count). The maximum absolute atomic E-state index is 13.9. The molecule has 0 aliphatic carbocycles. The molecule has 0 radical (unpaired) electrons. The third-order valence-corrected chi connectivity index (χ3v) is 3.37. The van der Waals surface area contributed by atoms with Crippen molar-refractivity contribution >= 4 is 22.0 Å². The average Bonchev–Trinajstić information content (AvgIpc) is 2.84. The average molecular weight is 389 g/mol. The van der Waals surface area contributed by atoms with Crippen LogP contribution < -0.4 is 11.0 Å². The molecule has 1 aromatic carbocycles. The van der Waals surface area contributed by atoms with Crippen molar-refractivity contribution in [2.45, 2.75) is 6.54 Å². The van der Waals surface area contributed by atoms with Crippen LogP contribution in [0.15, 0.2) is 45.7 Å². The van der Waals surface area contributed by atoms with E-state index in [1.807, 2.05) is 5.32 Å². The van der Waals surface area contributed by atoms with Gasteiger partial charge in [-0.15, -0.1) is 0 Å². The molecule has 2 N–H and O–H groups in total. The number of carboxylic acid groups (broad SMARTS) is 1. The smallest absolute Gasteiger partial charge is 0.404 e. The lowest BCUT2D eigenvalue weighted by atomic mass is 10.3. The van der Waals surface area contributed by atoms with Crippen LogP contribution in [0.25, 0.3) is 5.69 Å². The lowest BCUT2D eigenvalue weighted by Gasteiger charge is -2.05. The summed E-state index contributed by atoms with van der Waals surface area (Å²) >= 11 is 3.11. The number of rotatable bonds is 5. The van der Waals surface area contributed by atoms with Crippen LogP contribution >= 0.6 is 15.9 Å². The first-order valence-electron chi connectivity index (χ1n) is 6.27. The second kappa shape index (κ2) is 7.18. The van der Waals surface area contributed by atoms with Crippen LogP contribution in [0.4, 0.5) is 13.6 Å². The molecular weight excluding hydrogens is 378 g/mol. The van der Waals surface area contributed by atoms with Gasteiger partial charge in [0.15, 0.2) is 0 Å². The lowest BCUT2D eigenvalue weighted by molar-refractivity contribution is 0.195. The molecule has 0 spiro atoms. The molecule has 0 fully saturated rings. The van der Waals surface area contributed by atoms with Crippen molar-refractivity contribution in [3.63, 3.8) is 0 Å². The van der Waals surface area contributed by atoms with Crippen molar-refractivity contribution in [2.24, 2.45) is 0 Å².